The van der Waals surface area contributed by atoms with Gasteiger partial charge < -0.3 is 0 Å². The summed E-state index contributed by atoms with van der Waals surface area (Å²) in [7, 11) is -20.1. The lowest BCUT2D eigenvalue weighted by atomic mass is 10.2. The SMILES string of the molecule is Cc1ccc(S(=O)(=O)N(CC(/C=C/c2ccc(Cl)cc2)N(S(=O)(=O)c2ccc(C)cc2)S(=O)(=O)c2ccc(C)cc2)S(=O)(=O)c2ccc(C)cc2)cc1. The summed E-state index contributed by atoms with van der Waals surface area (Å²) in [5.41, 5.74) is 3.21. The Morgan fingerprint density at radius 2 is 0.774 bits per heavy atom. The lowest BCUT2D eigenvalue weighted by Gasteiger charge is -2.32. The van der Waals surface area contributed by atoms with Gasteiger partial charge in [0.15, 0.2) is 0 Å². The molecule has 278 valence electrons. The first kappa shape index (κ1) is 40.0. The molecule has 1 unspecified atom stereocenters. The van der Waals surface area contributed by atoms with Crippen molar-refractivity contribution in [2.45, 2.75) is 53.3 Å². The molecular weight excluding hydrogens is 776 g/mol. The summed E-state index contributed by atoms with van der Waals surface area (Å²) in [6, 6.07) is 26.0. The normalized spacial score (nSPS) is 13.5. The predicted molar refractivity (Wildman–Crippen MR) is 206 cm³/mol. The summed E-state index contributed by atoms with van der Waals surface area (Å²) in [4.78, 5) is -1.65. The van der Waals surface area contributed by atoms with Crippen LogP contribution in [0.1, 0.15) is 27.8 Å². The number of sulfonamides is 4. The minimum Gasteiger partial charge on any atom is -0.206 e. The van der Waals surface area contributed by atoms with Crippen molar-refractivity contribution < 1.29 is 33.7 Å². The highest BCUT2D eigenvalue weighted by atomic mass is 35.5. The molecule has 5 rings (SSSR count). The van der Waals surface area contributed by atoms with Crippen LogP contribution in [0.3, 0.4) is 0 Å². The molecule has 0 aliphatic rings. The zero-order valence-electron chi connectivity index (χ0n) is 29.2. The van der Waals surface area contributed by atoms with Crippen LogP contribution < -0.4 is 0 Å². The highest BCUT2D eigenvalue weighted by Gasteiger charge is 2.46. The van der Waals surface area contributed by atoms with Gasteiger partial charge in [0.2, 0.25) is 0 Å². The van der Waals surface area contributed by atoms with Gasteiger partial charge in [0.1, 0.15) is 0 Å². The lowest BCUT2D eigenvalue weighted by Crippen LogP contribution is -2.51. The molecule has 5 aromatic rings. The zero-order chi connectivity index (χ0) is 38.8. The van der Waals surface area contributed by atoms with E-state index in [1.807, 2.05) is 0 Å². The molecule has 0 aromatic heterocycles. The first-order valence-electron chi connectivity index (χ1n) is 16.1. The smallest absolute Gasteiger partial charge is 0.206 e. The van der Waals surface area contributed by atoms with E-state index in [1.54, 1.807) is 52.0 Å². The van der Waals surface area contributed by atoms with Crippen LogP contribution in [-0.4, -0.2) is 53.7 Å². The molecule has 0 fully saturated rings. The number of aryl methyl sites for hydroxylation is 4. The fourth-order valence-electron chi connectivity index (χ4n) is 5.24. The van der Waals surface area contributed by atoms with E-state index in [9.17, 15) is 33.7 Å². The Kier molecular flexibility index (Phi) is 11.8. The van der Waals surface area contributed by atoms with E-state index >= 15 is 0 Å². The average Bonchev–Trinajstić information content (AvgIpc) is 3.10. The van der Waals surface area contributed by atoms with E-state index in [4.69, 9.17) is 11.6 Å². The minimum atomic E-state index is -5.06. The molecule has 0 saturated heterocycles. The standard InChI is InChI=1S/C38H37ClN2O8S4/c1-28-5-19-35(20-6-28)50(42,43)40(51(44,45)36-21-7-29(2)8-22-36)27-34(18-15-32-13-16-33(39)17-14-32)41(52(46,47)37-23-9-30(3)10-24-37)53(48,49)38-25-11-31(4)12-26-38/h5-26,34H,27H2,1-4H3/b18-15+. The molecule has 0 bridgehead atoms. The number of benzene rings is 5. The third kappa shape index (κ3) is 8.81. The maximum atomic E-state index is 14.7. The molecule has 5 aromatic carbocycles. The first-order chi connectivity index (χ1) is 24.8. The van der Waals surface area contributed by atoms with Gasteiger partial charge in [-0.25, -0.2) is 33.7 Å². The van der Waals surface area contributed by atoms with Crippen molar-refractivity contribution in [3.8, 4) is 0 Å². The second-order valence-electron chi connectivity index (χ2n) is 12.4. The molecular formula is C38H37ClN2O8S4. The van der Waals surface area contributed by atoms with E-state index in [0.29, 0.717) is 32.8 Å². The monoisotopic (exact) mass is 812 g/mol. The van der Waals surface area contributed by atoms with Gasteiger partial charge in [0, 0.05) is 5.02 Å². The van der Waals surface area contributed by atoms with Crippen LogP contribution in [-0.2, 0) is 40.1 Å². The number of nitrogens with zero attached hydrogens (tertiary/aromatic N) is 2. The van der Waals surface area contributed by atoms with Gasteiger partial charge in [-0.2, -0.15) is 0 Å². The molecule has 15 heteroatoms. The molecule has 1 atom stereocenters. The van der Waals surface area contributed by atoms with Crippen molar-refractivity contribution in [3.05, 3.63) is 160 Å². The second kappa shape index (κ2) is 15.7. The number of halogens is 1. The quantitative estimate of drug-likeness (QED) is 0.122. The van der Waals surface area contributed by atoms with Gasteiger partial charge in [0.25, 0.3) is 40.1 Å². The molecule has 0 saturated carbocycles. The van der Waals surface area contributed by atoms with Crippen LogP contribution in [0.25, 0.3) is 6.08 Å². The largest absolute Gasteiger partial charge is 0.256 e. The Hall–Kier alpha value is -4.15. The molecule has 10 nitrogen and oxygen atoms in total. The third-order valence-electron chi connectivity index (χ3n) is 8.27. The molecule has 0 spiro atoms. The zero-order valence-corrected chi connectivity index (χ0v) is 33.2. The highest BCUT2D eigenvalue weighted by Crippen LogP contribution is 2.32. The molecule has 0 N–H and O–H groups in total. The van der Waals surface area contributed by atoms with Crippen LogP contribution in [0.15, 0.2) is 147 Å². The van der Waals surface area contributed by atoms with Crippen molar-refractivity contribution in [3.63, 3.8) is 0 Å². The van der Waals surface area contributed by atoms with E-state index in [1.165, 1.54) is 103 Å². The van der Waals surface area contributed by atoms with E-state index in [-0.39, 0.29) is 7.42 Å². The maximum Gasteiger partial charge on any atom is 0.256 e. The fraction of sp³-hybridized carbons (Fsp3) is 0.158. The Labute approximate surface area is 317 Å². The van der Waals surface area contributed by atoms with Crippen molar-refractivity contribution in [1.29, 1.82) is 0 Å². The molecule has 0 radical (unpaired) electrons. The molecule has 0 aliphatic heterocycles. The van der Waals surface area contributed by atoms with Gasteiger partial charge >= 0.3 is 0 Å². The first-order valence-corrected chi connectivity index (χ1v) is 22.3. The van der Waals surface area contributed by atoms with E-state index in [2.05, 4.69) is 0 Å². The molecule has 0 heterocycles. The topological polar surface area (TPSA) is 143 Å². The van der Waals surface area contributed by atoms with Crippen LogP contribution in [0.4, 0.5) is 0 Å². The van der Waals surface area contributed by atoms with Crippen molar-refractivity contribution in [2.75, 3.05) is 6.54 Å². The summed E-state index contributed by atoms with van der Waals surface area (Å²) < 4.78 is 117. The molecule has 0 amide bonds. The maximum absolute atomic E-state index is 14.7. The van der Waals surface area contributed by atoms with Crippen LogP contribution >= 0.6 is 11.6 Å². The fourth-order valence-corrected chi connectivity index (χ4v) is 13.0. The van der Waals surface area contributed by atoms with Gasteiger partial charge in [0.05, 0.1) is 32.2 Å². The van der Waals surface area contributed by atoms with Crippen LogP contribution in [0.2, 0.25) is 5.02 Å². The highest BCUT2D eigenvalue weighted by molar-refractivity contribution is 8.04. The average molecular weight is 813 g/mol. The van der Waals surface area contributed by atoms with Crippen molar-refractivity contribution in [2.24, 2.45) is 0 Å². The van der Waals surface area contributed by atoms with E-state index < -0.39 is 72.3 Å². The third-order valence-corrected chi connectivity index (χ3v) is 17.2. The predicted octanol–water partition coefficient (Wildman–Crippen LogP) is 7.12. The summed E-state index contributed by atoms with van der Waals surface area (Å²) in [6.45, 7) is 5.71. The Bertz CT molecular complexity index is 2410. The summed E-state index contributed by atoms with van der Waals surface area (Å²) in [6.07, 6.45) is 2.53. The Balaban J connectivity index is 1.82. The van der Waals surface area contributed by atoms with Gasteiger partial charge in [-0.1, -0.05) is 114 Å². The summed E-state index contributed by atoms with van der Waals surface area (Å²) in [5, 5.41) is 0.392. The molecule has 53 heavy (non-hydrogen) atoms. The number of hydrogen-bond acceptors (Lipinski definition) is 8. The van der Waals surface area contributed by atoms with Gasteiger partial charge in [-0.05, 0) is 93.9 Å². The van der Waals surface area contributed by atoms with Gasteiger partial charge in [-0.3, -0.25) is 0 Å². The van der Waals surface area contributed by atoms with E-state index in [0.717, 1.165) is 6.08 Å². The second-order valence-corrected chi connectivity index (χ2v) is 20.7. The Morgan fingerprint density at radius 1 is 0.472 bits per heavy atom. The number of rotatable bonds is 13. The van der Waals surface area contributed by atoms with Crippen LogP contribution in [0.5, 0.6) is 0 Å². The minimum absolute atomic E-state index is 0.161. The Morgan fingerprint density at radius 3 is 1.09 bits per heavy atom. The lowest BCUT2D eigenvalue weighted by molar-refractivity contribution is 0.414. The molecule has 0 aliphatic carbocycles. The van der Waals surface area contributed by atoms with Gasteiger partial charge in [-0.15, -0.1) is 0 Å². The van der Waals surface area contributed by atoms with Crippen molar-refractivity contribution in [1.82, 2.24) is 7.42 Å². The van der Waals surface area contributed by atoms with Crippen molar-refractivity contribution >= 4 is 57.8 Å². The number of hydrogen-bond donors (Lipinski definition) is 0. The van der Waals surface area contributed by atoms with Crippen LogP contribution in [0, 0.1) is 27.7 Å². The summed E-state index contributed by atoms with van der Waals surface area (Å²) >= 11 is 6.08. The summed E-state index contributed by atoms with van der Waals surface area (Å²) in [5.74, 6) is 0.